The van der Waals surface area contributed by atoms with Crippen molar-refractivity contribution in [1.29, 1.82) is 0 Å². The lowest BCUT2D eigenvalue weighted by Gasteiger charge is -2.14. The van der Waals surface area contributed by atoms with Gasteiger partial charge < -0.3 is 14.7 Å². The summed E-state index contributed by atoms with van der Waals surface area (Å²) in [6, 6.07) is 10.9. The quantitative estimate of drug-likeness (QED) is 0.918. The Hall–Kier alpha value is -2.56. The van der Waals surface area contributed by atoms with E-state index in [-0.39, 0.29) is 12.2 Å². The number of hydrogen-bond acceptors (Lipinski definition) is 3. The summed E-state index contributed by atoms with van der Waals surface area (Å²) in [5, 5.41) is 9.09. The third-order valence-corrected chi connectivity index (χ3v) is 3.03. The summed E-state index contributed by atoms with van der Waals surface area (Å²) in [6.07, 6.45) is 0. The molecular formula is C16H16FNO3. The molecule has 5 heteroatoms. The minimum absolute atomic E-state index is 0.00370. The Balaban J connectivity index is 2.18. The monoisotopic (exact) mass is 289 g/mol. The minimum Gasteiger partial charge on any atom is -0.489 e. The fourth-order valence-corrected chi connectivity index (χ4v) is 1.90. The van der Waals surface area contributed by atoms with Crippen molar-refractivity contribution in [3.05, 3.63) is 59.4 Å². The summed E-state index contributed by atoms with van der Waals surface area (Å²) in [4.78, 5) is 13.0. The Kier molecular flexibility index (Phi) is 4.42. The van der Waals surface area contributed by atoms with E-state index < -0.39 is 11.8 Å². The van der Waals surface area contributed by atoms with Crippen LogP contribution in [0.4, 0.5) is 10.1 Å². The van der Waals surface area contributed by atoms with E-state index in [9.17, 15) is 9.18 Å². The number of carboxylic acid groups (broad SMARTS) is 1. The molecule has 4 nitrogen and oxygen atoms in total. The average molecular weight is 289 g/mol. The zero-order valence-corrected chi connectivity index (χ0v) is 11.8. The van der Waals surface area contributed by atoms with Crippen LogP contribution in [0, 0.1) is 5.82 Å². The molecule has 0 aliphatic rings. The molecule has 0 amide bonds. The van der Waals surface area contributed by atoms with Crippen LogP contribution in [-0.2, 0) is 6.61 Å². The summed E-state index contributed by atoms with van der Waals surface area (Å²) >= 11 is 0. The molecule has 0 radical (unpaired) electrons. The first-order chi connectivity index (χ1) is 9.97. The topological polar surface area (TPSA) is 49.8 Å². The number of halogens is 1. The molecule has 2 aromatic rings. The van der Waals surface area contributed by atoms with E-state index in [1.54, 1.807) is 6.07 Å². The van der Waals surface area contributed by atoms with Crippen molar-refractivity contribution < 1.29 is 19.0 Å². The molecule has 21 heavy (non-hydrogen) atoms. The molecule has 0 unspecified atom stereocenters. The number of rotatable bonds is 5. The van der Waals surface area contributed by atoms with Gasteiger partial charge in [0, 0.05) is 31.4 Å². The van der Waals surface area contributed by atoms with Crippen LogP contribution in [0.15, 0.2) is 42.5 Å². The third kappa shape index (κ3) is 3.72. The molecule has 0 heterocycles. The maximum Gasteiger partial charge on any atom is 0.336 e. The smallest absolute Gasteiger partial charge is 0.336 e. The van der Waals surface area contributed by atoms with E-state index in [0.717, 1.165) is 11.8 Å². The van der Waals surface area contributed by atoms with Gasteiger partial charge in [-0.1, -0.05) is 6.07 Å². The van der Waals surface area contributed by atoms with Crippen molar-refractivity contribution in [1.82, 2.24) is 0 Å². The molecule has 110 valence electrons. The van der Waals surface area contributed by atoms with Gasteiger partial charge in [0.2, 0.25) is 0 Å². The zero-order chi connectivity index (χ0) is 15.4. The normalized spacial score (nSPS) is 10.2. The van der Waals surface area contributed by atoms with E-state index in [1.807, 2.05) is 37.2 Å². The van der Waals surface area contributed by atoms with Gasteiger partial charge in [-0.3, -0.25) is 0 Å². The van der Waals surface area contributed by atoms with Gasteiger partial charge >= 0.3 is 5.97 Å². The Labute approximate surface area is 122 Å². The molecular weight excluding hydrogens is 273 g/mol. The predicted octanol–water partition coefficient (Wildman–Crippen LogP) is 3.17. The van der Waals surface area contributed by atoms with Gasteiger partial charge in [-0.2, -0.15) is 0 Å². The Morgan fingerprint density at radius 2 is 2.00 bits per heavy atom. The summed E-state index contributed by atoms with van der Waals surface area (Å²) < 4.78 is 18.8. The highest BCUT2D eigenvalue weighted by Crippen LogP contribution is 2.21. The molecule has 0 spiro atoms. The van der Waals surface area contributed by atoms with Crippen molar-refractivity contribution in [2.45, 2.75) is 6.61 Å². The first kappa shape index (κ1) is 14.8. The molecule has 0 aliphatic carbocycles. The van der Waals surface area contributed by atoms with E-state index in [2.05, 4.69) is 0 Å². The molecule has 0 bridgehead atoms. The second-order valence-corrected chi connectivity index (χ2v) is 4.79. The Bertz CT molecular complexity index is 656. The summed E-state index contributed by atoms with van der Waals surface area (Å²) in [5.74, 6) is -0.988. The van der Waals surface area contributed by atoms with Crippen LogP contribution in [-0.4, -0.2) is 25.2 Å². The average Bonchev–Trinajstić information content (AvgIpc) is 2.45. The highest BCUT2D eigenvalue weighted by Gasteiger charge is 2.11. The molecule has 2 rings (SSSR count). The van der Waals surface area contributed by atoms with Crippen molar-refractivity contribution >= 4 is 11.7 Å². The fraction of sp³-hybridized carbons (Fsp3) is 0.188. The third-order valence-electron chi connectivity index (χ3n) is 3.03. The molecule has 0 aromatic heterocycles. The molecule has 0 saturated heterocycles. The number of ether oxygens (including phenoxy) is 1. The van der Waals surface area contributed by atoms with Crippen molar-refractivity contribution in [2.24, 2.45) is 0 Å². The second kappa shape index (κ2) is 6.26. The number of carboxylic acids is 1. The number of aromatic carboxylic acids is 1. The molecule has 0 saturated carbocycles. The van der Waals surface area contributed by atoms with Crippen LogP contribution >= 0.6 is 0 Å². The molecule has 0 atom stereocenters. The van der Waals surface area contributed by atoms with Crippen molar-refractivity contribution in [3.63, 3.8) is 0 Å². The van der Waals surface area contributed by atoms with Crippen LogP contribution in [0.5, 0.6) is 5.75 Å². The van der Waals surface area contributed by atoms with Crippen LogP contribution in [0.2, 0.25) is 0 Å². The van der Waals surface area contributed by atoms with Gasteiger partial charge in [-0.25, -0.2) is 9.18 Å². The summed E-state index contributed by atoms with van der Waals surface area (Å²) in [7, 11) is 3.82. The Morgan fingerprint density at radius 1 is 1.24 bits per heavy atom. The van der Waals surface area contributed by atoms with E-state index >= 15 is 0 Å². The maximum absolute atomic E-state index is 13.3. The predicted molar refractivity (Wildman–Crippen MR) is 78.5 cm³/mol. The van der Waals surface area contributed by atoms with Crippen LogP contribution in [0.1, 0.15) is 15.9 Å². The SMILES string of the molecule is CN(C)c1cccc(OCc2cc(F)ccc2C(=O)O)c1. The van der Waals surface area contributed by atoms with Gasteiger partial charge in [-0.15, -0.1) is 0 Å². The number of benzene rings is 2. The zero-order valence-electron chi connectivity index (χ0n) is 11.8. The van der Waals surface area contributed by atoms with Crippen LogP contribution in [0.25, 0.3) is 0 Å². The fourth-order valence-electron chi connectivity index (χ4n) is 1.90. The lowest BCUT2D eigenvalue weighted by Crippen LogP contribution is -2.09. The molecule has 0 aliphatic heterocycles. The Morgan fingerprint density at radius 3 is 2.67 bits per heavy atom. The molecule has 1 N–H and O–H groups in total. The largest absolute Gasteiger partial charge is 0.489 e. The number of nitrogens with zero attached hydrogens (tertiary/aromatic N) is 1. The maximum atomic E-state index is 13.3. The number of anilines is 1. The number of carbonyl (C=O) groups is 1. The first-order valence-corrected chi connectivity index (χ1v) is 6.39. The second-order valence-electron chi connectivity index (χ2n) is 4.79. The molecule has 0 fully saturated rings. The van der Waals surface area contributed by atoms with Gasteiger partial charge in [0.15, 0.2) is 0 Å². The standard InChI is InChI=1S/C16H16FNO3/c1-18(2)13-4-3-5-14(9-13)21-10-11-8-12(17)6-7-15(11)16(19)20/h3-9H,10H2,1-2H3,(H,19,20). The van der Waals surface area contributed by atoms with E-state index in [1.165, 1.54) is 12.1 Å². The lowest BCUT2D eigenvalue weighted by molar-refractivity contribution is 0.0694. The van der Waals surface area contributed by atoms with Gasteiger partial charge in [0.1, 0.15) is 18.2 Å². The first-order valence-electron chi connectivity index (χ1n) is 6.39. The van der Waals surface area contributed by atoms with Crippen molar-refractivity contribution in [3.8, 4) is 5.75 Å². The van der Waals surface area contributed by atoms with E-state index in [0.29, 0.717) is 11.3 Å². The number of hydrogen-bond donors (Lipinski definition) is 1. The van der Waals surface area contributed by atoms with Crippen molar-refractivity contribution in [2.75, 3.05) is 19.0 Å². The summed E-state index contributed by atoms with van der Waals surface area (Å²) in [6.45, 7) is -0.00370. The van der Waals surface area contributed by atoms with E-state index in [4.69, 9.17) is 9.84 Å². The van der Waals surface area contributed by atoms with Gasteiger partial charge in [0.05, 0.1) is 5.56 Å². The van der Waals surface area contributed by atoms with Gasteiger partial charge in [-0.05, 0) is 30.3 Å². The highest BCUT2D eigenvalue weighted by molar-refractivity contribution is 5.89. The molecule has 2 aromatic carbocycles. The minimum atomic E-state index is -1.10. The van der Waals surface area contributed by atoms with Crippen LogP contribution in [0.3, 0.4) is 0 Å². The van der Waals surface area contributed by atoms with Crippen LogP contribution < -0.4 is 9.64 Å². The van der Waals surface area contributed by atoms with Gasteiger partial charge in [0.25, 0.3) is 0 Å². The summed E-state index contributed by atoms with van der Waals surface area (Å²) in [5.41, 5.74) is 1.31. The lowest BCUT2D eigenvalue weighted by atomic mass is 10.1. The highest BCUT2D eigenvalue weighted by atomic mass is 19.1.